The molecule has 0 atom stereocenters. The zero-order valence-corrected chi connectivity index (χ0v) is 10.7. The molecule has 0 fully saturated rings. The Balaban J connectivity index is 2.16. The van der Waals surface area contributed by atoms with Gasteiger partial charge in [-0.25, -0.2) is 4.79 Å². The number of rotatable bonds is 2. The van der Waals surface area contributed by atoms with E-state index in [-0.39, 0.29) is 5.69 Å². The fourth-order valence-electron chi connectivity index (χ4n) is 2.24. The van der Waals surface area contributed by atoms with Crippen molar-refractivity contribution in [1.82, 2.24) is 9.78 Å². The minimum atomic E-state index is -0.989. The van der Waals surface area contributed by atoms with E-state index in [0.29, 0.717) is 0 Å². The summed E-state index contributed by atoms with van der Waals surface area (Å²) in [4.78, 5) is 12.2. The average Bonchev–Trinajstić information content (AvgIpc) is 2.94. The molecule has 1 aliphatic heterocycles. The molecule has 2 heterocycles. The summed E-state index contributed by atoms with van der Waals surface area (Å²) in [7, 11) is 1.78. The average molecular weight is 260 g/mol. The molecular formula is C13H12N2O2S. The zero-order chi connectivity index (χ0) is 12.7. The molecule has 0 amide bonds. The van der Waals surface area contributed by atoms with Crippen molar-refractivity contribution in [2.75, 3.05) is 5.75 Å². The monoisotopic (exact) mass is 260 g/mol. The maximum atomic E-state index is 11.0. The van der Waals surface area contributed by atoms with Crippen LogP contribution in [0.4, 0.5) is 0 Å². The molecule has 1 aliphatic rings. The highest BCUT2D eigenvalue weighted by atomic mass is 32.2. The molecule has 1 aromatic heterocycles. The van der Waals surface area contributed by atoms with Gasteiger partial charge in [0, 0.05) is 23.3 Å². The lowest BCUT2D eigenvalue weighted by Gasteiger charge is -2.07. The highest BCUT2D eigenvalue weighted by Gasteiger charge is 2.19. The number of carboxylic acids is 1. The first-order valence-corrected chi connectivity index (χ1v) is 6.68. The van der Waals surface area contributed by atoms with Gasteiger partial charge in [-0.05, 0) is 18.1 Å². The summed E-state index contributed by atoms with van der Waals surface area (Å²) < 4.78 is 1.64. The number of hydrogen-bond donors (Lipinski definition) is 1. The van der Waals surface area contributed by atoms with E-state index < -0.39 is 5.97 Å². The van der Waals surface area contributed by atoms with Crippen LogP contribution in [-0.2, 0) is 13.5 Å². The minimum absolute atomic E-state index is 0.0908. The van der Waals surface area contributed by atoms with Crippen molar-refractivity contribution in [3.05, 3.63) is 35.5 Å². The smallest absolute Gasteiger partial charge is 0.356 e. The first kappa shape index (κ1) is 11.3. The Morgan fingerprint density at radius 3 is 3.06 bits per heavy atom. The van der Waals surface area contributed by atoms with Gasteiger partial charge in [0.25, 0.3) is 0 Å². The van der Waals surface area contributed by atoms with E-state index in [1.54, 1.807) is 17.8 Å². The lowest BCUT2D eigenvalue weighted by atomic mass is 10.1. The molecule has 1 N–H and O–H groups in total. The Kier molecular flexibility index (Phi) is 2.63. The maximum absolute atomic E-state index is 11.0. The predicted octanol–water partition coefficient (Wildman–Crippen LogP) is 2.43. The normalized spacial score (nSPS) is 13.6. The zero-order valence-electron chi connectivity index (χ0n) is 9.88. The molecule has 0 saturated heterocycles. The van der Waals surface area contributed by atoms with Crippen LogP contribution >= 0.6 is 11.8 Å². The summed E-state index contributed by atoms with van der Waals surface area (Å²) in [5, 5.41) is 13.0. The number of aromatic carboxylic acids is 1. The predicted molar refractivity (Wildman–Crippen MR) is 70.0 cm³/mol. The lowest BCUT2D eigenvalue weighted by Crippen LogP contribution is -1.99. The van der Waals surface area contributed by atoms with Crippen LogP contribution in [-0.4, -0.2) is 26.6 Å². The van der Waals surface area contributed by atoms with Crippen LogP contribution in [0, 0.1) is 0 Å². The molecule has 0 aliphatic carbocycles. The van der Waals surface area contributed by atoms with Crippen molar-refractivity contribution < 1.29 is 9.90 Å². The van der Waals surface area contributed by atoms with Gasteiger partial charge >= 0.3 is 5.97 Å². The second kappa shape index (κ2) is 4.17. The van der Waals surface area contributed by atoms with Crippen LogP contribution in [0.2, 0.25) is 0 Å². The Hall–Kier alpha value is -1.75. The summed E-state index contributed by atoms with van der Waals surface area (Å²) in [6.07, 6.45) is 1.08. The summed E-state index contributed by atoms with van der Waals surface area (Å²) >= 11 is 1.83. The number of aromatic nitrogens is 2. The summed E-state index contributed by atoms with van der Waals surface area (Å²) in [5.74, 6) is 0.104. The summed E-state index contributed by atoms with van der Waals surface area (Å²) in [6, 6.07) is 7.82. The van der Waals surface area contributed by atoms with E-state index in [9.17, 15) is 4.79 Å². The third kappa shape index (κ3) is 1.71. The molecule has 4 nitrogen and oxygen atoms in total. The lowest BCUT2D eigenvalue weighted by molar-refractivity contribution is 0.0689. The number of nitrogens with zero attached hydrogens (tertiary/aromatic N) is 2. The molecule has 5 heteroatoms. The third-order valence-corrected chi connectivity index (χ3v) is 4.27. The molecule has 2 aromatic rings. The number of fused-ring (bicyclic) bond motifs is 1. The molecular weight excluding hydrogens is 248 g/mol. The van der Waals surface area contributed by atoms with Crippen molar-refractivity contribution in [2.45, 2.75) is 11.3 Å². The van der Waals surface area contributed by atoms with E-state index in [1.165, 1.54) is 10.5 Å². The summed E-state index contributed by atoms with van der Waals surface area (Å²) in [6.45, 7) is 0. The molecule has 0 radical (unpaired) electrons. The number of thioether (sulfide) groups is 1. The second-order valence-electron chi connectivity index (χ2n) is 4.24. The maximum Gasteiger partial charge on any atom is 0.356 e. The van der Waals surface area contributed by atoms with E-state index in [0.717, 1.165) is 23.4 Å². The van der Waals surface area contributed by atoms with Gasteiger partial charge in [0.15, 0.2) is 5.69 Å². The van der Waals surface area contributed by atoms with Gasteiger partial charge in [-0.15, -0.1) is 11.8 Å². The van der Waals surface area contributed by atoms with E-state index in [2.05, 4.69) is 11.2 Å². The molecule has 18 heavy (non-hydrogen) atoms. The number of benzene rings is 1. The third-order valence-electron chi connectivity index (χ3n) is 3.09. The number of aryl methyl sites for hydroxylation is 2. The van der Waals surface area contributed by atoms with Crippen LogP contribution in [0.25, 0.3) is 11.3 Å². The molecule has 92 valence electrons. The molecule has 3 rings (SSSR count). The Morgan fingerprint density at radius 1 is 1.50 bits per heavy atom. The first-order chi connectivity index (χ1) is 8.66. The second-order valence-corrected chi connectivity index (χ2v) is 5.34. The first-order valence-electron chi connectivity index (χ1n) is 5.69. The van der Waals surface area contributed by atoms with Gasteiger partial charge < -0.3 is 5.11 Å². The highest BCUT2D eigenvalue weighted by molar-refractivity contribution is 7.99. The van der Waals surface area contributed by atoms with Crippen molar-refractivity contribution in [2.24, 2.45) is 7.05 Å². The number of hydrogen-bond acceptors (Lipinski definition) is 3. The van der Waals surface area contributed by atoms with E-state index in [4.69, 9.17) is 5.11 Å². The van der Waals surface area contributed by atoms with Crippen molar-refractivity contribution in [3.8, 4) is 11.3 Å². The fourth-order valence-corrected chi connectivity index (χ4v) is 3.45. The quantitative estimate of drug-likeness (QED) is 0.901. The van der Waals surface area contributed by atoms with E-state index in [1.807, 2.05) is 23.9 Å². The Morgan fingerprint density at radius 2 is 2.33 bits per heavy atom. The molecule has 0 saturated carbocycles. The largest absolute Gasteiger partial charge is 0.476 e. The fraction of sp³-hybridized carbons (Fsp3) is 0.231. The van der Waals surface area contributed by atoms with Crippen molar-refractivity contribution in [1.29, 1.82) is 0 Å². The minimum Gasteiger partial charge on any atom is -0.476 e. The number of carboxylic acid groups (broad SMARTS) is 1. The van der Waals surface area contributed by atoms with Crippen LogP contribution in [0.3, 0.4) is 0 Å². The van der Waals surface area contributed by atoms with Gasteiger partial charge in [0.05, 0.1) is 5.69 Å². The van der Waals surface area contributed by atoms with Gasteiger partial charge in [-0.1, -0.05) is 18.2 Å². The topological polar surface area (TPSA) is 55.1 Å². The van der Waals surface area contributed by atoms with Gasteiger partial charge in [0.1, 0.15) is 0 Å². The highest BCUT2D eigenvalue weighted by Crippen LogP contribution is 2.39. The van der Waals surface area contributed by atoms with Crippen LogP contribution in [0.5, 0.6) is 0 Å². The van der Waals surface area contributed by atoms with Gasteiger partial charge in [0.2, 0.25) is 0 Å². The van der Waals surface area contributed by atoms with Gasteiger partial charge in [-0.3, -0.25) is 4.68 Å². The molecule has 1 aromatic carbocycles. The van der Waals surface area contributed by atoms with Crippen LogP contribution in [0.1, 0.15) is 16.1 Å². The molecule has 0 bridgehead atoms. The van der Waals surface area contributed by atoms with Crippen molar-refractivity contribution >= 4 is 17.7 Å². The Bertz CT molecular complexity index is 634. The Labute approximate surface area is 109 Å². The molecule has 0 spiro atoms. The number of carbonyl (C=O) groups is 1. The standard InChI is InChI=1S/C13H12N2O2S/c1-15-11(7-10(14-15)13(16)17)9-4-2-3-8-5-6-18-12(8)9/h2-4,7H,5-6H2,1H3,(H,16,17). The van der Waals surface area contributed by atoms with Crippen LogP contribution in [0.15, 0.2) is 29.2 Å². The van der Waals surface area contributed by atoms with Crippen molar-refractivity contribution in [3.63, 3.8) is 0 Å². The molecule has 0 unspecified atom stereocenters. The van der Waals surface area contributed by atoms with Gasteiger partial charge in [-0.2, -0.15) is 5.10 Å². The van der Waals surface area contributed by atoms with Crippen LogP contribution < -0.4 is 0 Å². The van der Waals surface area contributed by atoms with E-state index >= 15 is 0 Å². The summed E-state index contributed by atoms with van der Waals surface area (Å²) in [5.41, 5.74) is 3.37. The SMILES string of the molecule is Cn1nc(C(=O)O)cc1-c1cccc2c1SCC2.